The third-order valence-electron chi connectivity index (χ3n) is 2.89. The number of ether oxygens (including phenoxy) is 1. The number of hydrogen-bond donors (Lipinski definition) is 2. The Bertz CT molecular complexity index is 728. The summed E-state index contributed by atoms with van der Waals surface area (Å²) in [6.07, 6.45) is 0. The topological polar surface area (TPSA) is 112 Å². The molecule has 116 valence electrons. The third kappa shape index (κ3) is 3.42. The van der Waals surface area contributed by atoms with E-state index in [0.717, 1.165) is 14.7 Å². The van der Waals surface area contributed by atoms with Crippen molar-refractivity contribution >= 4 is 39.3 Å². The van der Waals surface area contributed by atoms with Crippen molar-refractivity contribution in [2.45, 2.75) is 13.5 Å². The summed E-state index contributed by atoms with van der Waals surface area (Å²) >= 11 is 3.39. The minimum absolute atomic E-state index is 0.0195. The molecule has 0 unspecified atom stereocenters. The molecule has 0 aliphatic rings. The first kappa shape index (κ1) is 16.0. The number of amides is 1. The van der Waals surface area contributed by atoms with Crippen LogP contribution in [-0.4, -0.2) is 34.0 Å². The molecule has 1 amide bonds. The van der Waals surface area contributed by atoms with E-state index in [1.54, 1.807) is 6.07 Å². The number of aryl methyl sites for hydroxylation is 1. The SMILES string of the molecule is COC(=O)c1nnn(CC(=O)Nc2ccc(Br)c(C)c2)c1N. The van der Waals surface area contributed by atoms with Crippen molar-refractivity contribution in [1.29, 1.82) is 0 Å². The largest absolute Gasteiger partial charge is 0.464 e. The Labute approximate surface area is 134 Å². The number of carbonyl (C=O) groups is 2. The molecule has 1 aromatic heterocycles. The first-order valence-electron chi connectivity index (χ1n) is 6.25. The first-order chi connectivity index (χ1) is 10.4. The number of aromatic nitrogens is 3. The normalized spacial score (nSPS) is 10.3. The second kappa shape index (κ2) is 6.56. The Morgan fingerprint density at radius 3 is 2.82 bits per heavy atom. The van der Waals surface area contributed by atoms with Crippen LogP contribution in [-0.2, 0) is 16.1 Å². The highest BCUT2D eigenvalue weighted by Gasteiger charge is 2.19. The summed E-state index contributed by atoms with van der Waals surface area (Å²) in [5.41, 5.74) is 7.24. The van der Waals surface area contributed by atoms with Gasteiger partial charge in [-0.2, -0.15) is 0 Å². The summed E-state index contributed by atoms with van der Waals surface area (Å²) in [5.74, 6) is -1.06. The van der Waals surface area contributed by atoms with Crippen LogP contribution in [0.4, 0.5) is 11.5 Å². The first-order valence-corrected chi connectivity index (χ1v) is 7.05. The number of halogens is 1. The molecule has 0 radical (unpaired) electrons. The Morgan fingerprint density at radius 1 is 1.45 bits per heavy atom. The lowest BCUT2D eigenvalue weighted by Gasteiger charge is -2.07. The van der Waals surface area contributed by atoms with Crippen molar-refractivity contribution in [3.8, 4) is 0 Å². The van der Waals surface area contributed by atoms with E-state index in [-0.39, 0.29) is 24.0 Å². The number of hydrogen-bond acceptors (Lipinski definition) is 6. The standard InChI is InChI=1S/C13H14BrN5O3/c1-7-5-8(3-4-9(7)14)16-10(20)6-19-12(15)11(17-18-19)13(21)22-2/h3-5H,6,15H2,1-2H3,(H,16,20). The van der Waals surface area contributed by atoms with Crippen LogP contribution in [0.2, 0.25) is 0 Å². The van der Waals surface area contributed by atoms with E-state index in [0.29, 0.717) is 5.69 Å². The number of methoxy groups -OCH3 is 1. The van der Waals surface area contributed by atoms with Crippen LogP contribution in [0.3, 0.4) is 0 Å². The van der Waals surface area contributed by atoms with Crippen LogP contribution < -0.4 is 11.1 Å². The Balaban J connectivity index is 2.07. The van der Waals surface area contributed by atoms with E-state index in [9.17, 15) is 9.59 Å². The van der Waals surface area contributed by atoms with E-state index in [1.807, 2.05) is 19.1 Å². The van der Waals surface area contributed by atoms with Crippen molar-refractivity contribution < 1.29 is 14.3 Å². The Kier molecular flexibility index (Phi) is 4.76. The van der Waals surface area contributed by atoms with Crippen molar-refractivity contribution in [3.05, 3.63) is 33.9 Å². The number of nitrogen functional groups attached to an aromatic ring is 1. The van der Waals surface area contributed by atoms with Gasteiger partial charge in [0.15, 0.2) is 5.82 Å². The van der Waals surface area contributed by atoms with Crippen LogP contribution >= 0.6 is 15.9 Å². The zero-order valence-corrected chi connectivity index (χ0v) is 13.5. The van der Waals surface area contributed by atoms with Gasteiger partial charge in [-0.05, 0) is 30.7 Å². The van der Waals surface area contributed by atoms with Gasteiger partial charge in [-0.25, -0.2) is 9.48 Å². The fourth-order valence-corrected chi connectivity index (χ4v) is 1.98. The third-order valence-corrected chi connectivity index (χ3v) is 3.78. The minimum atomic E-state index is -0.701. The zero-order valence-electron chi connectivity index (χ0n) is 12.0. The van der Waals surface area contributed by atoms with Crippen LogP contribution in [0.15, 0.2) is 22.7 Å². The monoisotopic (exact) mass is 367 g/mol. The van der Waals surface area contributed by atoms with E-state index < -0.39 is 5.97 Å². The van der Waals surface area contributed by atoms with E-state index in [1.165, 1.54) is 7.11 Å². The molecule has 22 heavy (non-hydrogen) atoms. The number of anilines is 2. The van der Waals surface area contributed by atoms with Crippen molar-refractivity contribution in [2.75, 3.05) is 18.2 Å². The predicted molar refractivity (Wildman–Crippen MR) is 83.3 cm³/mol. The summed E-state index contributed by atoms with van der Waals surface area (Å²) in [6, 6.07) is 5.43. The molecule has 0 bridgehead atoms. The molecule has 0 saturated heterocycles. The summed E-state index contributed by atoms with van der Waals surface area (Å²) in [6.45, 7) is 1.75. The summed E-state index contributed by atoms with van der Waals surface area (Å²) in [5, 5.41) is 9.99. The Morgan fingerprint density at radius 2 is 2.18 bits per heavy atom. The van der Waals surface area contributed by atoms with Gasteiger partial charge in [0.1, 0.15) is 6.54 Å². The molecule has 0 aliphatic heterocycles. The smallest absolute Gasteiger partial charge is 0.362 e. The molecule has 2 aromatic rings. The van der Waals surface area contributed by atoms with Gasteiger partial charge >= 0.3 is 5.97 Å². The van der Waals surface area contributed by atoms with Crippen molar-refractivity contribution in [2.24, 2.45) is 0 Å². The number of nitrogens with zero attached hydrogens (tertiary/aromatic N) is 3. The van der Waals surface area contributed by atoms with Gasteiger partial charge in [-0.15, -0.1) is 5.10 Å². The van der Waals surface area contributed by atoms with Gasteiger partial charge < -0.3 is 15.8 Å². The summed E-state index contributed by atoms with van der Waals surface area (Å²) in [7, 11) is 1.21. The van der Waals surface area contributed by atoms with Gasteiger partial charge in [0.25, 0.3) is 0 Å². The van der Waals surface area contributed by atoms with Crippen LogP contribution in [0.25, 0.3) is 0 Å². The number of benzene rings is 1. The molecular formula is C13H14BrN5O3. The van der Waals surface area contributed by atoms with Gasteiger partial charge in [0, 0.05) is 10.2 Å². The second-order valence-electron chi connectivity index (χ2n) is 4.48. The maximum Gasteiger partial charge on any atom is 0.362 e. The van der Waals surface area contributed by atoms with Gasteiger partial charge in [0.05, 0.1) is 7.11 Å². The van der Waals surface area contributed by atoms with E-state index in [2.05, 4.69) is 36.3 Å². The van der Waals surface area contributed by atoms with Gasteiger partial charge in [-0.1, -0.05) is 21.1 Å². The van der Waals surface area contributed by atoms with Crippen LogP contribution in [0.1, 0.15) is 16.1 Å². The molecular weight excluding hydrogens is 354 g/mol. The highest BCUT2D eigenvalue weighted by Crippen LogP contribution is 2.20. The molecule has 0 fully saturated rings. The highest BCUT2D eigenvalue weighted by atomic mass is 79.9. The summed E-state index contributed by atoms with van der Waals surface area (Å²) in [4.78, 5) is 23.4. The molecule has 1 aromatic carbocycles. The Hall–Kier alpha value is -2.42. The zero-order chi connectivity index (χ0) is 16.3. The number of esters is 1. The molecule has 0 aliphatic carbocycles. The van der Waals surface area contributed by atoms with E-state index in [4.69, 9.17) is 5.73 Å². The average molecular weight is 368 g/mol. The molecule has 0 spiro atoms. The second-order valence-corrected chi connectivity index (χ2v) is 5.34. The van der Waals surface area contributed by atoms with Crippen LogP contribution in [0.5, 0.6) is 0 Å². The minimum Gasteiger partial charge on any atom is -0.464 e. The number of nitrogens with two attached hydrogens (primary N) is 1. The predicted octanol–water partition coefficient (Wildman–Crippen LogP) is 1.36. The number of carbonyl (C=O) groups excluding carboxylic acids is 2. The van der Waals surface area contributed by atoms with E-state index >= 15 is 0 Å². The average Bonchev–Trinajstić information content (AvgIpc) is 2.83. The fraction of sp³-hybridized carbons (Fsp3) is 0.231. The number of rotatable bonds is 4. The molecule has 9 heteroatoms. The molecule has 2 rings (SSSR count). The van der Waals surface area contributed by atoms with Crippen LogP contribution in [0, 0.1) is 6.92 Å². The molecule has 1 heterocycles. The van der Waals surface area contributed by atoms with Gasteiger partial charge in [0.2, 0.25) is 11.6 Å². The van der Waals surface area contributed by atoms with Crippen molar-refractivity contribution in [1.82, 2.24) is 15.0 Å². The van der Waals surface area contributed by atoms with Gasteiger partial charge in [-0.3, -0.25) is 4.79 Å². The lowest BCUT2D eigenvalue weighted by molar-refractivity contribution is -0.116. The van der Waals surface area contributed by atoms with Crippen molar-refractivity contribution in [3.63, 3.8) is 0 Å². The lowest BCUT2D eigenvalue weighted by Crippen LogP contribution is -2.21. The highest BCUT2D eigenvalue weighted by molar-refractivity contribution is 9.10. The molecule has 0 saturated carbocycles. The molecule has 8 nitrogen and oxygen atoms in total. The molecule has 0 atom stereocenters. The summed E-state index contributed by atoms with van der Waals surface area (Å²) < 4.78 is 6.60. The fourth-order valence-electron chi connectivity index (χ4n) is 1.74. The lowest BCUT2D eigenvalue weighted by atomic mass is 10.2. The maximum absolute atomic E-state index is 12.0. The number of nitrogens with one attached hydrogen (secondary N) is 1. The quantitative estimate of drug-likeness (QED) is 0.788. The maximum atomic E-state index is 12.0. The molecule has 3 N–H and O–H groups in total.